The zero-order chi connectivity index (χ0) is 19.3. The minimum Gasteiger partial charge on any atom is -0.325 e. The predicted molar refractivity (Wildman–Crippen MR) is 117 cm³/mol. The fourth-order valence-corrected chi connectivity index (χ4v) is 4.54. The van der Waals surface area contributed by atoms with Gasteiger partial charge in [0.1, 0.15) is 0 Å². The number of nitrogens with zero attached hydrogens (tertiary/aromatic N) is 3. The van der Waals surface area contributed by atoms with Gasteiger partial charge in [-0.25, -0.2) is 0 Å². The Hall–Kier alpha value is -2.64. The van der Waals surface area contributed by atoms with Gasteiger partial charge in [0.2, 0.25) is 5.91 Å². The van der Waals surface area contributed by atoms with Crippen molar-refractivity contribution in [2.24, 2.45) is 0 Å². The lowest BCUT2D eigenvalue weighted by atomic mass is 10.1. The van der Waals surface area contributed by atoms with Crippen LogP contribution in [0.5, 0.6) is 0 Å². The number of amides is 1. The summed E-state index contributed by atoms with van der Waals surface area (Å²) in [5.74, 6) is 1.11. The van der Waals surface area contributed by atoms with Crippen molar-refractivity contribution in [1.82, 2.24) is 14.8 Å². The summed E-state index contributed by atoms with van der Waals surface area (Å²) in [6, 6.07) is 18.0. The molecule has 0 radical (unpaired) electrons. The normalized spacial score (nSPS) is 11.0. The number of aromatic nitrogens is 3. The van der Waals surface area contributed by atoms with Crippen molar-refractivity contribution in [2.75, 3.05) is 11.1 Å². The first kappa shape index (κ1) is 18.7. The van der Waals surface area contributed by atoms with Gasteiger partial charge in [-0.1, -0.05) is 61.2 Å². The summed E-state index contributed by atoms with van der Waals surface area (Å²) in [6.45, 7) is 2.95. The quantitative estimate of drug-likeness (QED) is 0.422. The van der Waals surface area contributed by atoms with Crippen LogP contribution in [0.15, 0.2) is 65.1 Å². The molecule has 0 aliphatic heterocycles. The largest absolute Gasteiger partial charge is 0.325 e. The highest BCUT2D eigenvalue weighted by molar-refractivity contribution is 7.99. The summed E-state index contributed by atoms with van der Waals surface area (Å²) in [5, 5.41) is 16.7. The van der Waals surface area contributed by atoms with E-state index in [1.165, 1.54) is 11.8 Å². The van der Waals surface area contributed by atoms with Crippen LogP contribution in [0.25, 0.3) is 21.5 Å². The Morgan fingerprint density at radius 1 is 1.11 bits per heavy atom. The fourth-order valence-electron chi connectivity index (χ4n) is 3.06. The van der Waals surface area contributed by atoms with E-state index in [0.29, 0.717) is 0 Å². The Balaban J connectivity index is 1.48. The van der Waals surface area contributed by atoms with Crippen LogP contribution in [-0.2, 0) is 11.3 Å². The third-order valence-corrected chi connectivity index (χ3v) is 6.13. The maximum Gasteiger partial charge on any atom is 0.234 e. The number of hydrogen-bond donors (Lipinski definition) is 1. The first-order chi connectivity index (χ1) is 13.8. The predicted octanol–water partition coefficient (Wildman–Crippen LogP) is 5.30. The Bertz CT molecular complexity index is 1080. The summed E-state index contributed by atoms with van der Waals surface area (Å²) in [7, 11) is 0. The van der Waals surface area contributed by atoms with Crippen molar-refractivity contribution in [3.8, 4) is 10.7 Å². The number of carbonyl (C=O) groups is 1. The molecule has 4 aromatic rings. The third-order valence-electron chi connectivity index (χ3n) is 4.30. The molecule has 0 spiro atoms. The number of nitrogens with one attached hydrogen (secondary N) is 1. The van der Waals surface area contributed by atoms with Gasteiger partial charge < -0.3 is 9.88 Å². The van der Waals surface area contributed by atoms with Crippen molar-refractivity contribution in [3.63, 3.8) is 0 Å². The number of anilines is 1. The van der Waals surface area contributed by atoms with Crippen molar-refractivity contribution < 1.29 is 4.79 Å². The average Bonchev–Trinajstić information content (AvgIpc) is 3.37. The van der Waals surface area contributed by atoms with Gasteiger partial charge in [-0.15, -0.1) is 21.5 Å². The molecule has 2 aromatic carbocycles. The second-order valence-electron chi connectivity index (χ2n) is 6.30. The highest BCUT2D eigenvalue weighted by Crippen LogP contribution is 2.28. The lowest BCUT2D eigenvalue weighted by Gasteiger charge is -2.10. The van der Waals surface area contributed by atoms with Crippen molar-refractivity contribution in [2.45, 2.75) is 25.0 Å². The molecule has 2 heterocycles. The van der Waals surface area contributed by atoms with Crippen molar-refractivity contribution in [3.05, 3.63) is 60.0 Å². The second-order valence-corrected chi connectivity index (χ2v) is 8.19. The van der Waals surface area contributed by atoms with Gasteiger partial charge in [0.15, 0.2) is 11.0 Å². The Morgan fingerprint density at radius 2 is 1.96 bits per heavy atom. The van der Waals surface area contributed by atoms with E-state index < -0.39 is 0 Å². The van der Waals surface area contributed by atoms with E-state index in [2.05, 4.69) is 27.0 Å². The van der Waals surface area contributed by atoms with Crippen LogP contribution >= 0.6 is 23.1 Å². The van der Waals surface area contributed by atoms with Crippen LogP contribution in [0, 0.1) is 0 Å². The highest BCUT2D eigenvalue weighted by Gasteiger charge is 2.16. The minimum absolute atomic E-state index is 0.0509. The molecule has 0 unspecified atom stereocenters. The van der Waals surface area contributed by atoms with E-state index in [-0.39, 0.29) is 11.7 Å². The summed E-state index contributed by atoms with van der Waals surface area (Å²) in [4.78, 5) is 13.6. The molecule has 2 aromatic heterocycles. The highest BCUT2D eigenvalue weighted by atomic mass is 32.2. The molecule has 4 rings (SSSR count). The fraction of sp³-hybridized carbons (Fsp3) is 0.190. The monoisotopic (exact) mass is 408 g/mol. The van der Waals surface area contributed by atoms with Crippen LogP contribution in [0.2, 0.25) is 0 Å². The lowest BCUT2D eigenvalue weighted by Crippen LogP contribution is -2.15. The molecule has 0 bridgehead atoms. The molecular formula is C21H20N4OS2. The van der Waals surface area contributed by atoms with Gasteiger partial charge in [0.05, 0.1) is 10.6 Å². The van der Waals surface area contributed by atoms with Crippen LogP contribution < -0.4 is 5.32 Å². The summed E-state index contributed by atoms with van der Waals surface area (Å²) in [5.41, 5.74) is 0.831. The van der Waals surface area contributed by atoms with Crippen LogP contribution in [0.4, 0.5) is 5.69 Å². The zero-order valence-corrected chi connectivity index (χ0v) is 17.1. The number of thiophene rings is 1. The van der Waals surface area contributed by atoms with Gasteiger partial charge in [-0.2, -0.15) is 0 Å². The molecule has 0 atom stereocenters. The van der Waals surface area contributed by atoms with E-state index >= 15 is 0 Å². The Labute approximate surface area is 171 Å². The van der Waals surface area contributed by atoms with Crippen LogP contribution in [0.3, 0.4) is 0 Å². The van der Waals surface area contributed by atoms with Crippen molar-refractivity contribution >= 4 is 45.5 Å². The molecule has 5 nitrogen and oxygen atoms in total. The van der Waals surface area contributed by atoms with E-state index in [4.69, 9.17) is 0 Å². The van der Waals surface area contributed by atoms with Gasteiger partial charge in [-0.3, -0.25) is 4.79 Å². The van der Waals surface area contributed by atoms with E-state index in [1.807, 2.05) is 60.0 Å². The molecule has 0 fully saturated rings. The number of rotatable bonds is 7. The number of fused-ring (bicyclic) bond motifs is 1. The van der Waals surface area contributed by atoms with Gasteiger partial charge in [-0.05, 0) is 29.3 Å². The lowest BCUT2D eigenvalue weighted by molar-refractivity contribution is -0.113. The first-order valence-corrected chi connectivity index (χ1v) is 11.0. The van der Waals surface area contributed by atoms with E-state index in [1.54, 1.807) is 11.3 Å². The Kier molecular flexibility index (Phi) is 5.73. The van der Waals surface area contributed by atoms with E-state index in [0.717, 1.165) is 45.3 Å². The molecular weight excluding hydrogens is 388 g/mol. The van der Waals surface area contributed by atoms with Crippen LogP contribution in [-0.4, -0.2) is 26.4 Å². The smallest absolute Gasteiger partial charge is 0.234 e. The van der Waals surface area contributed by atoms with Gasteiger partial charge in [0.25, 0.3) is 0 Å². The number of thioether (sulfide) groups is 1. The summed E-state index contributed by atoms with van der Waals surface area (Å²) < 4.78 is 2.10. The molecule has 0 saturated carbocycles. The zero-order valence-electron chi connectivity index (χ0n) is 15.5. The number of hydrogen-bond acceptors (Lipinski definition) is 5. The Morgan fingerprint density at radius 3 is 2.79 bits per heavy atom. The maximum absolute atomic E-state index is 12.5. The molecule has 142 valence electrons. The number of benzene rings is 2. The molecule has 0 aliphatic rings. The third kappa shape index (κ3) is 3.95. The molecule has 0 saturated heterocycles. The molecule has 7 heteroatoms. The maximum atomic E-state index is 12.5. The molecule has 1 N–H and O–H groups in total. The number of carbonyl (C=O) groups excluding carboxylic acids is 1. The van der Waals surface area contributed by atoms with Gasteiger partial charge in [0, 0.05) is 17.6 Å². The summed E-state index contributed by atoms with van der Waals surface area (Å²) in [6.07, 6.45) is 0.978. The summed E-state index contributed by atoms with van der Waals surface area (Å²) >= 11 is 3.06. The molecule has 28 heavy (non-hydrogen) atoms. The van der Waals surface area contributed by atoms with Crippen molar-refractivity contribution in [1.29, 1.82) is 0 Å². The standard InChI is InChI=1S/C21H20N4OS2/c1-2-12-25-20(18-11-6-13-27-18)23-24-21(25)28-14-19(26)22-17-10-5-8-15-7-3-4-9-16(15)17/h3-11,13H,2,12,14H2,1H3,(H,22,26). The first-order valence-electron chi connectivity index (χ1n) is 9.13. The van der Waals surface area contributed by atoms with Gasteiger partial charge >= 0.3 is 0 Å². The molecule has 0 aliphatic carbocycles. The van der Waals surface area contributed by atoms with Crippen LogP contribution in [0.1, 0.15) is 13.3 Å². The topological polar surface area (TPSA) is 59.8 Å². The SMILES string of the molecule is CCCn1c(SCC(=O)Nc2cccc3ccccc23)nnc1-c1cccs1. The van der Waals surface area contributed by atoms with E-state index in [9.17, 15) is 4.79 Å². The second kappa shape index (κ2) is 8.58. The molecule has 1 amide bonds. The average molecular weight is 409 g/mol. The minimum atomic E-state index is -0.0509.